The maximum atomic E-state index is 12.4. The third-order valence-corrected chi connectivity index (χ3v) is 4.03. The van der Waals surface area contributed by atoms with E-state index in [1.54, 1.807) is 18.5 Å². The number of alkyl halides is 3. The van der Waals surface area contributed by atoms with Crippen molar-refractivity contribution in [1.29, 1.82) is 0 Å². The number of carbonyl (C=O) groups is 1. The van der Waals surface area contributed by atoms with E-state index in [-0.39, 0.29) is 11.7 Å². The van der Waals surface area contributed by atoms with Crippen LogP contribution in [0.15, 0.2) is 42.7 Å². The number of carbonyl (C=O) groups excluding carboxylic acids is 1. The fourth-order valence-electron chi connectivity index (χ4n) is 2.81. The van der Waals surface area contributed by atoms with Crippen LogP contribution in [0.2, 0.25) is 0 Å². The summed E-state index contributed by atoms with van der Waals surface area (Å²) in [6.07, 6.45) is -0.152. The summed E-state index contributed by atoms with van der Waals surface area (Å²) in [7, 11) is 0. The summed E-state index contributed by atoms with van der Waals surface area (Å²) < 4.78 is 41.3. The molecule has 1 saturated heterocycles. The lowest BCUT2D eigenvalue weighted by molar-refractivity contribution is -0.274. The van der Waals surface area contributed by atoms with Crippen LogP contribution < -0.4 is 20.3 Å². The van der Waals surface area contributed by atoms with Gasteiger partial charge in [-0.2, -0.15) is 0 Å². The summed E-state index contributed by atoms with van der Waals surface area (Å²) in [4.78, 5) is 22.6. The molecule has 0 saturated carbocycles. The van der Waals surface area contributed by atoms with Gasteiger partial charge >= 0.3 is 12.4 Å². The predicted molar refractivity (Wildman–Crippen MR) is 92.5 cm³/mol. The van der Waals surface area contributed by atoms with Crippen molar-refractivity contribution in [2.45, 2.75) is 25.2 Å². The number of amides is 2. The molecule has 1 aromatic heterocycles. The highest BCUT2D eigenvalue weighted by atomic mass is 19.4. The molecule has 3 rings (SSSR count). The topological polar surface area (TPSA) is 79.4 Å². The molecule has 144 valence electrons. The molecule has 2 N–H and O–H groups in total. The molecule has 1 aromatic carbocycles. The number of urea groups is 1. The molecule has 1 aliphatic rings. The molecule has 1 fully saturated rings. The van der Waals surface area contributed by atoms with Gasteiger partial charge in [0.1, 0.15) is 0 Å². The van der Waals surface area contributed by atoms with Crippen LogP contribution in [0.1, 0.15) is 12.8 Å². The molecule has 2 amide bonds. The van der Waals surface area contributed by atoms with Crippen LogP contribution in [-0.2, 0) is 0 Å². The minimum atomic E-state index is -4.83. The van der Waals surface area contributed by atoms with Gasteiger partial charge < -0.3 is 20.3 Å². The molecule has 0 aliphatic carbocycles. The number of nitrogens with one attached hydrogen (secondary N) is 2. The van der Waals surface area contributed by atoms with Crippen LogP contribution in [0, 0.1) is 0 Å². The Morgan fingerprint density at radius 1 is 1.11 bits per heavy atom. The monoisotopic (exact) mass is 381 g/mol. The van der Waals surface area contributed by atoms with E-state index < -0.39 is 18.1 Å². The zero-order chi connectivity index (χ0) is 19.3. The van der Waals surface area contributed by atoms with Gasteiger partial charge in [0.2, 0.25) is 5.95 Å². The summed E-state index contributed by atoms with van der Waals surface area (Å²) >= 11 is 0. The maximum absolute atomic E-state index is 12.4. The SMILES string of the molecule is O=C(Nc1ccccc1OC(F)(F)F)NC1CCN(c2ncccn2)CC1. The third-order valence-electron chi connectivity index (χ3n) is 4.03. The molecule has 0 spiro atoms. The number of hydrogen-bond acceptors (Lipinski definition) is 5. The highest BCUT2D eigenvalue weighted by Gasteiger charge is 2.32. The molecule has 7 nitrogen and oxygen atoms in total. The summed E-state index contributed by atoms with van der Waals surface area (Å²) in [6, 6.07) is 6.45. The zero-order valence-corrected chi connectivity index (χ0v) is 14.2. The van der Waals surface area contributed by atoms with Crippen molar-refractivity contribution in [3.8, 4) is 5.75 Å². The number of rotatable bonds is 4. The quantitative estimate of drug-likeness (QED) is 0.851. The molecular weight excluding hydrogens is 363 g/mol. The van der Waals surface area contributed by atoms with Gasteiger partial charge in [-0.25, -0.2) is 14.8 Å². The number of benzene rings is 1. The Kier molecular flexibility index (Phi) is 5.63. The lowest BCUT2D eigenvalue weighted by Gasteiger charge is -2.32. The first-order valence-corrected chi connectivity index (χ1v) is 8.35. The molecular formula is C17H18F3N5O2. The fraction of sp³-hybridized carbons (Fsp3) is 0.353. The van der Waals surface area contributed by atoms with E-state index >= 15 is 0 Å². The van der Waals surface area contributed by atoms with Gasteiger partial charge in [0, 0.05) is 31.5 Å². The number of piperidine rings is 1. The second-order valence-electron chi connectivity index (χ2n) is 5.95. The van der Waals surface area contributed by atoms with Crippen LogP contribution in [0.4, 0.5) is 29.6 Å². The van der Waals surface area contributed by atoms with Crippen LogP contribution in [0.3, 0.4) is 0 Å². The van der Waals surface area contributed by atoms with E-state index in [9.17, 15) is 18.0 Å². The second kappa shape index (κ2) is 8.11. The van der Waals surface area contributed by atoms with Crippen LogP contribution >= 0.6 is 0 Å². The molecule has 2 heterocycles. The van der Waals surface area contributed by atoms with E-state index in [0.29, 0.717) is 31.9 Å². The van der Waals surface area contributed by atoms with Crippen LogP contribution in [-0.4, -0.2) is 41.5 Å². The Balaban J connectivity index is 1.52. The molecule has 10 heteroatoms. The number of ether oxygens (including phenoxy) is 1. The van der Waals surface area contributed by atoms with Gasteiger partial charge in [-0.3, -0.25) is 0 Å². The molecule has 0 unspecified atom stereocenters. The summed E-state index contributed by atoms with van der Waals surface area (Å²) in [5, 5.41) is 5.19. The largest absolute Gasteiger partial charge is 0.573 e. The Morgan fingerprint density at radius 2 is 1.78 bits per heavy atom. The lowest BCUT2D eigenvalue weighted by atomic mass is 10.1. The van der Waals surface area contributed by atoms with Crippen molar-refractivity contribution >= 4 is 17.7 Å². The summed E-state index contributed by atoms with van der Waals surface area (Å²) in [5.41, 5.74) is -0.0533. The Bertz CT molecular complexity index is 765. The van der Waals surface area contributed by atoms with Gasteiger partial charge in [0.05, 0.1) is 5.69 Å². The minimum Gasteiger partial charge on any atom is -0.404 e. The lowest BCUT2D eigenvalue weighted by Crippen LogP contribution is -2.46. The first-order chi connectivity index (χ1) is 12.9. The number of halogens is 3. The van der Waals surface area contributed by atoms with Gasteiger partial charge in [-0.1, -0.05) is 12.1 Å². The number of aromatic nitrogens is 2. The summed E-state index contributed by atoms with van der Waals surface area (Å²) in [6.45, 7) is 1.34. The average Bonchev–Trinajstić information content (AvgIpc) is 2.63. The Hall–Kier alpha value is -3.04. The number of anilines is 2. The van der Waals surface area contributed by atoms with Crippen molar-refractivity contribution in [2.24, 2.45) is 0 Å². The van der Waals surface area contributed by atoms with Gasteiger partial charge in [-0.05, 0) is 31.0 Å². The highest BCUT2D eigenvalue weighted by Crippen LogP contribution is 2.29. The second-order valence-corrected chi connectivity index (χ2v) is 5.95. The van der Waals surface area contributed by atoms with Crippen LogP contribution in [0.25, 0.3) is 0 Å². The highest BCUT2D eigenvalue weighted by molar-refractivity contribution is 5.91. The molecule has 0 bridgehead atoms. The van der Waals surface area contributed by atoms with Crippen molar-refractivity contribution in [3.63, 3.8) is 0 Å². The van der Waals surface area contributed by atoms with Gasteiger partial charge in [-0.15, -0.1) is 13.2 Å². The van der Waals surface area contributed by atoms with E-state index in [1.165, 1.54) is 18.2 Å². The smallest absolute Gasteiger partial charge is 0.404 e. The van der Waals surface area contributed by atoms with Crippen molar-refractivity contribution in [1.82, 2.24) is 15.3 Å². The van der Waals surface area contributed by atoms with Crippen molar-refractivity contribution in [2.75, 3.05) is 23.3 Å². The fourth-order valence-corrected chi connectivity index (χ4v) is 2.81. The molecule has 1 aliphatic heterocycles. The molecule has 0 atom stereocenters. The Morgan fingerprint density at radius 3 is 2.44 bits per heavy atom. The molecule has 0 radical (unpaired) electrons. The maximum Gasteiger partial charge on any atom is 0.573 e. The third kappa shape index (κ3) is 5.47. The number of hydrogen-bond donors (Lipinski definition) is 2. The van der Waals surface area contributed by atoms with E-state index in [4.69, 9.17) is 0 Å². The molecule has 27 heavy (non-hydrogen) atoms. The number of nitrogens with zero attached hydrogens (tertiary/aromatic N) is 3. The van der Waals surface area contributed by atoms with Gasteiger partial charge in [0.25, 0.3) is 0 Å². The Labute approximate surface area is 153 Å². The van der Waals surface area contributed by atoms with Gasteiger partial charge in [0.15, 0.2) is 5.75 Å². The van der Waals surface area contributed by atoms with Crippen molar-refractivity contribution in [3.05, 3.63) is 42.7 Å². The predicted octanol–water partition coefficient (Wildman–Crippen LogP) is 3.17. The average molecular weight is 381 g/mol. The van der Waals surface area contributed by atoms with E-state index in [1.807, 2.05) is 4.90 Å². The zero-order valence-electron chi connectivity index (χ0n) is 14.2. The van der Waals surface area contributed by atoms with Crippen molar-refractivity contribution < 1.29 is 22.7 Å². The number of para-hydroxylation sites is 2. The standard InChI is InChI=1S/C17H18F3N5O2/c18-17(19,20)27-14-5-2-1-4-13(14)24-16(26)23-12-6-10-25(11-7-12)15-21-8-3-9-22-15/h1-5,8-9,12H,6-7,10-11H2,(H2,23,24,26). The van der Waals surface area contributed by atoms with E-state index in [2.05, 4.69) is 25.3 Å². The van der Waals surface area contributed by atoms with Crippen LogP contribution in [0.5, 0.6) is 5.75 Å². The minimum absolute atomic E-state index is 0.0533. The molecule has 2 aromatic rings. The first kappa shape index (κ1) is 18.7. The van der Waals surface area contributed by atoms with E-state index in [0.717, 1.165) is 6.07 Å². The first-order valence-electron chi connectivity index (χ1n) is 8.35. The summed E-state index contributed by atoms with van der Waals surface area (Å²) in [5.74, 6) is 0.176. The normalized spacial score (nSPS) is 15.3.